The zero-order valence-electron chi connectivity index (χ0n) is 13.0. The number of nitrogens with one attached hydrogen (secondary N) is 2. The molecular formula is C17H23N5. The standard InChI is InChI=1S/C17H23N5/c1-2-4-14-11-16(20-15-5-3-8-19-12-15)22-17(21-14)13-6-9-18-10-7-13/h6-7,9-11,15,19H,2-5,8,12H2,1H3,(H,20,21,22). The normalized spacial score (nSPS) is 18.1. The van der Waals surface area contributed by atoms with Gasteiger partial charge < -0.3 is 10.6 Å². The minimum atomic E-state index is 0.448. The molecule has 0 amide bonds. The molecule has 0 aliphatic carbocycles. The maximum absolute atomic E-state index is 4.70. The van der Waals surface area contributed by atoms with Gasteiger partial charge in [-0.25, -0.2) is 9.97 Å². The highest BCUT2D eigenvalue weighted by Gasteiger charge is 2.14. The van der Waals surface area contributed by atoms with Crippen LogP contribution in [0, 0.1) is 0 Å². The summed E-state index contributed by atoms with van der Waals surface area (Å²) in [5.41, 5.74) is 2.10. The van der Waals surface area contributed by atoms with Gasteiger partial charge in [-0.1, -0.05) is 13.3 Å². The largest absolute Gasteiger partial charge is 0.366 e. The van der Waals surface area contributed by atoms with Crippen LogP contribution in [0.25, 0.3) is 11.4 Å². The summed E-state index contributed by atoms with van der Waals surface area (Å²) in [5, 5.41) is 6.99. The third kappa shape index (κ3) is 3.80. The number of nitrogens with zero attached hydrogens (tertiary/aromatic N) is 3. The summed E-state index contributed by atoms with van der Waals surface area (Å²) in [6.45, 7) is 4.29. The Labute approximate surface area is 131 Å². The second-order valence-electron chi connectivity index (χ2n) is 5.74. The summed E-state index contributed by atoms with van der Waals surface area (Å²) in [6.07, 6.45) is 8.01. The maximum Gasteiger partial charge on any atom is 0.161 e. The lowest BCUT2D eigenvalue weighted by Crippen LogP contribution is -2.38. The molecule has 5 nitrogen and oxygen atoms in total. The predicted octanol–water partition coefficient (Wildman–Crippen LogP) is 2.66. The monoisotopic (exact) mass is 297 g/mol. The van der Waals surface area contributed by atoms with Gasteiger partial charge in [-0.2, -0.15) is 0 Å². The first-order chi connectivity index (χ1) is 10.8. The van der Waals surface area contributed by atoms with Gasteiger partial charge >= 0.3 is 0 Å². The van der Waals surface area contributed by atoms with Crippen LogP contribution in [0.3, 0.4) is 0 Å². The molecule has 3 heterocycles. The summed E-state index contributed by atoms with van der Waals surface area (Å²) in [4.78, 5) is 13.5. The van der Waals surface area contributed by atoms with Crippen molar-refractivity contribution in [2.45, 2.75) is 38.6 Å². The van der Waals surface area contributed by atoms with E-state index in [9.17, 15) is 0 Å². The van der Waals surface area contributed by atoms with E-state index in [-0.39, 0.29) is 0 Å². The fourth-order valence-corrected chi connectivity index (χ4v) is 2.77. The van der Waals surface area contributed by atoms with E-state index in [4.69, 9.17) is 9.97 Å². The average Bonchev–Trinajstić information content (AvgIpc) is 2.57. The smallest absolute Gasteiger partial charge is 0.161 e. The van der Waals surface area contributed by atoms with Gasteiger partial charge in [0.2, 0.25) is 0 Å². The second kappa shape index (κ2) is 7.31. The van der Waals surface area contributed by atoms with Gasteiger partial charge in [0.1, 0.15) is 5.82 Å². The molecule has 0 radical (unpaired) electrons. The topological polar surface area (TPSA) is 62.7 Å². The van der Waals surface area contributed by atoms with Crippen molar-refractivity contribution >= 4 is 5.82 Å². The molecule has 0 spiro atoms. The highest BCUT2D eigenvalue weighted by atomic mass is 15.1. The van der Waals surface area contributed by atoms with Gasteiger partial charge in [-0.3, -0.25) is 4.98 Å². The minimum absolute atomic E-state index is 0.448. The molecule has 3 rings (SSSR count). The summed E-state index contributed by atoms with van der Waals surface area (Å²) in [5.74, 6) is 1.71. The molecule has 1 fully saturated rings. The third-order valence-electron chi connectivity index (χ3n) is 3.87. The van der Waals surface area contributed by atoms with Crippen LogP contribution in [0.1, 0.15) is 31.9 Å². The van der Waals surface area contributed by atoms with Crippen molar-refractivity contribution in [3.05, 3.63) is 36.3 Å². The number of hydrogen-bond donors (Lipinski definition) is 2. The molecule has 1 unspecified atom stereocenters. The zero-order chi connectivity index (χ0) is 15.2. The second-order valence-corrected chi connectivity index (χ2v) is 5.74. The van der Waals surface area contributed by atoms with Crippen LogP contribution in [0.2, 0.25) is 0 Å². The molecule has 1 aliphatic heterocycles. The van der Waals surface area contributed by atoms with Crippen LogP contribution in [-0.2, 0) is 6.42 Å². The molecular weight excluding hydrogens is 274 g/mol. The molecule has 5 heteroatoms. The molecule has 1 saturated heterocycles. The third-order valence-corrected chi connectivity index (χ3v) is 3.87. The predicted molar refractivity (Wildman–Crippen MR) is 88.8 cm³/mol. The SMILES string of the molecule is CCCc1cc(NC2CCCNC2)nc(-c2ccncc2)n1. The maximum atomic E-state index is 4.70. The highest BCUT2D eigenvalue weighted by Crippen LogP contribution is 2.19. The summed E-state index contributed by atoms with van der Waals surface area (Å²) in [6, 6.07) is 6.44. The molecule has 0 aromatic carbocycles. The van der Waals surface area contributed by atoms with Crippen LogP contribution >= 0.6 is 0 Å². The molecule has 22 heavy (non-hydrogen) atoms. The quantitative estimate of drug-likeness (QED) is 0.888. The van der Waals surface area contributed by atoms with Crippen molar-refractivity contribution in [2.75, 3.05) is 18.4 Å². The van der Waals surface area contributed by atoms with Crippen molar-refractivity contribution in [3.63, 3.8) is 0 Å². The first-order valence-corrected chi connectivity index (χ1v) is 8.11. The molecule has 2 aromatic heterocycles. The van der Waals surface area contributed by atoms with Crippen molar-refractivity contribution in [3.8, 4) is 11.4 Å². The lowest BCUT2D eigenvalue weighted by Gasteiger charge is -2.24. The van der Waals surface area contributed by atoms with Gasteiger partial charge in [0.25, 0.3) is 0 Å². The summed E-state index contributed by atoms with van der Waals surface area (Å²) in [7, 11) is 0. The number of rotatable bonds is 5. The molecule has 1 aliphatic rings. The minimum Gasteiger partial charge on any atom is -0.366 e. The van der Waals surface area contributed by atoms with E-state index < -0.39 is 0 Å². The van der Waals surface area contributed by atoms with E-state index >= 15 is 0 Å². The van der Waals surface area contributed by atoms with Crippen LogP contribution in [0.4, 0.5) is 5.82 Å². The molecule has 2 N–H and O–H groups in total. The number of anilines is 1. The van der Waals surface area contributed by atoms with E-state index in [1.165, 1.54) is 12.8 Å². The Morgan fingerprint density at radius 3 is 2.86 bits per heavy atom. The Kier molecular flexibility index (Phi) is 4.96. The van der Waals surface area contributed by atoms with E-state index in [0.29, 0.717) is 6.04 Å². The van der Waals surface area contributed by atoms with Gasteiger partial charge in [0.05, 0.1) is 0 Å². The van der Waals surface area contributed by atoms with Gasteiger partial charge in [-0.15, -0.1) is 0 Å². The van der Waals surface area contributed by atoms with Gasteiger partial charge in [0.15, 0.2) is 5.82 Å². The summed E-state index contributed by atoms with van der Waals surface area (Å²) >= 11 is 0. The van der Waals surface area contributed by atoms with Gasteiger partial charge in [-0.05, 0) is 37.9 Å². The number of piperidine rings is 1. The first kappa shape index (κ1) is 14.9. The zero-order valence-corrected chi connectivity index (χ0v) is 13.0. The van der Waals surface area contributed by atoms with Crippen LogP contribution in [-0.4, -0.2) is 34.1 Å². The number of hydrogen-bond acceptors (Lipinski definition) is 5. The number of aromatic nitrogens is 3. The van der Waals surface area contributed by atoms with Crippen LogP contribution in [0.5, 0.6) is 0 Å². The first-order valence-electron chi connectivity index (χ1n) is 8.11. The van der Waals surface area contributed by atoms with Crippen molar-refractivity contribution in [2.24, 2.45) is 0 Å². The molecule has 116 valence electrons. The number of pyridine rings is 1. The van der Waals surface area contributed by atoms with E-state index in [0.717, 1.165) is 48.8 Å². The Hall–Kier alpha value is -2.01. The number of aryl methyl sites for hydroxylation is 1. The van der Waals surface area contributed by atoms with Crippen LogP contribution in [0.15, 0.2) is 30.6 Å². The fraction of sp³-hybridized carbons (Fsp3) is 0.471. The van der Waals surface area contributed by atoms with Crippen molar-refractivity contribution < 1.29 is 0 Å². The summed E-state index contributed by atoms with van der Waals surface area (Å²) < 4.78 is 0. The average molecular weight is 297 g/mol. The lowest BCUT2D eigenvalue weighted by molar-refractivity contribution is 0.479. The Morgan fingerprint density at radius 2 is 2.14 bits per heavy atom. The van der Waals surface area contributed by atoms with E-state index in [1.54, 1.807) is 12.4 Å². The lowest BCUT2D eigenvalue weighted by atomic mass is 10.1. The Bertz CT molecular complexity index is 593. The van der Waals surface area contributed by atoms with Crippen molar-refractivity contribution in [1.82, 2.24) is 20.3 Å². The van der Waals surface area contributed by atoms with Crippen molar-refractivity contribution in [1.29, 1.82) is 0 Å². The molecule has 1 atom stereocenters. The van der Waals surface area contributed by atoms with Gasteiger partial charge in [0, 0.05) is 42.3 Å². The highest BCUT2D eigenvalue weighted by molar-refractivity contribution is 5.57. The molecule has 2 aromatic rings. The molecule has 0 saturated carbocycles. The van der Waals surface area contributed by atoms with E-state index in [1.807, 2.05) is 12.1 Å². The fourth-order valence-electron chi connectivity index (χ4n) is 2.77. The Morgan fingerprint density at radius 1 is 1.27 bits per heavy atom. The van der Waals surface area contributed by atoms with Crippen LogP contribution < -0.4 is 10.6 Å². The molecule has 0 bridgehead atoms. The van der Waals surface area contributed by atoms with E-state index in [2.05, 4.69) is 28.6 Å². The Balaban J connectivity index is 1.86.